The van der Waals surface area contributed by atoms with Crippen molar-refractivity contribution in [3.8, 4) is 0 Å². The highest BCUT2D eigenvalue weighted by atomic mass is 35.5. The van der Waals surface area contributed by atoms with Gasteiger partial charge in [-0.15, -0.1) is 23.2 Å². The standard InChI is InChI=1S/C6H11Cl2N/c7-6(8)2-1-4-9-5-3-6/h9H,1-5H2. The lowest BCUT2D eigenvalue weighted by Gasteiger charge is -2.14. The third-order valence-electron chi connectivity index (χ3n) is 1.56. The molecule has 1 rings (SSSR count). The van der Waals surface area contributed by atoms with Crippen LogP contribution < -0.4 is 5.32 Å². The first kappa shape index (κ1) is 7.64. The summed E-state index contributed by atoms with van der Waals surface area (Å²) in [4.78, 5) is 0. The van der Waals surface area contributed by atoms with Crippen LogP contribution in [-0.2, 0) is 0 Å². The van der Waals surface area contributed by atoms with E-state index in [1.165, 1.54) is 0 Å². The molecule has 0 saturated carbocycles. The predicted octanol–water partition coefficient (Wildman–Crippen LogP) is 1.93. The zero-order valence-corrected chi connectivity index (χ0v) is 6.80. The lowest BCUT2D eigenvalue weighted by atomic mass is 10.2. The zero-order valence-electron chi connectivity index (χ0n) is 5.29. The summed E-state index contributed by atoms with van der Waals surface area (Å²) in [6.45, 7) is 2.01. The first-order valence-corrected chi connectivity index (χ1v) is 4.05. The van der Waals surface area contributed by atoms with Crippen molar-refractivity contribution in [3.63, 3.8) is 0 Å². The maximum Gasteiger partial charge on any atom is 0.119 e. The molecule has 1 heterocycles. The molecule has 1 nitrogen and oxygen atoms in total. The molecule has 1 aliphatic heterocycles. The van der Waals surface area contributed by atoms with Gasteiger partial charge >= 0.3 is 0 Å². The van der Waals surface area contributed by atoms with E-state index in [4.69, 9.17) is 23.2 Å². The fraction of sp³-hybridized carbons (Fsp3) is 1.00. The Kier molecular flexibility index (Phi) is 2.62. The molecular formula is C6H11Cl2N. The molecule has 0 bridgehead atoms. The summed E-state index contributed by atoms with van der Waals surface area (Å²) in [5.41, 5.74) is 0. The van der Waals surface area contributed by atoms with Gasteiger partial charge in [0.25, 0.3) is 0 Å². The number of hydrogen-bond donors (Lipinski definition) is 1. The largest absolute Gasteiger partial charge is 0.317 e. The van der Waals surface area contributed by atoms with E-state index in [0.29, 0.717) is 0 Å². The van der Waals surface area contributed by atoms with Crippen molar-refractivity contribution < 1.29 is 0 Å². The van der Waals surface area contributed by atoms with E-state index >= 15 is 0 Å². The van der Waals surface area contributed by atoms with Crippen LogP contribution in [0.15, 0.2) is 0 Å². The second-order valence-corrected chi connectivity index (χ2v) is 4.10. The molecule has 54 valence electrons. The van der Waals surface area contributed by atoms with Crippen LogP contribution >= 0.6 is 23.2 Å². The molecule has 1 aliphatic rings. The van der Waals surface area contributed by atoms with Crippen LogP contribution in [0.25, 0.3) is 0 Å². The first-order chi connectivity index (χ1) is 4.21. The zero-order chi connectivity index (χ0) is 6.74. The summed E-state index contributed by atoms with van der Waals surface area (Å²) in [5, 5.41) is 3.23. The van der Waals surface area contributed by atoms with Gasteiger partial charge in [-0.3, -0.25) is 0 Å². The monoisotopic (exact) mass is 167 g/mol. The molecule has 0 spiro atoms. The van der Waals surface area contributed by atoms with Crippen molar-refractivity contribution in [2.24, 2.45) is 0 Å². The molecule has 0 aromatic carbocycles. The van der Waals surface area contributed by atoms with Gasteiger partial charge in [0.15, 0.2) is 0 Å². The van der Waals surface area contributed by atoms with Crippen molar-refractivity contribution >= 4 is 23.2 Å². The summed E-state index contributed by atoms with van der Waals surface area (Å²) in [6.07, 6.45) is 2.88. The second-order valence-electron chi connectivity index (χ2n) is 2.46. The van der Waals surface area contributed by atoms with E-state index in [9.17, 15) is 0 Å². The normalized spacial score (nSPS) is 27.3. The molecule has 1 N–H and O–H groups in total. The van der Waals surface area contributed by atoms with Gasteiger partial charge < -0.3 is 5.32 Å². The SMILES string of the molecule is ClC1(Cl)CCCNCC1. The van der Waals surface area contributed by atoms with Crippen LogP contribution in [0.3, 0.4) is 0 Å². The Morgan fingerprint density at radius 2 is 1.89 bits per heavy atom. The fourth-order valence-corrected chi connectivity index (χ4v) is 1.45. The Hall–Kier alpha value is 0.540. The van der Waals surface area contributed by atoms with Gasteiger partial charge in [0.1, 0.15) is 4.33 Å². The minimum Gasteiger partial charge on any atom is -0.317 e. The Morgan fingerprint density at radius 3 is 2.67 bits per heavy atom. The smallest absolute Gasteiger partial charge is 0.119 e. The predicted molar refractivity (Wildman–Crippen MR) is 41.2 cm³/mol. The van der Waals surface area contributed by atoms with Crippen molar-refractivity contribution in [2.45, 2.75) is 23.6 Å². The lowest BCUT2D eigenvalue weighted by molar-refractivity contribution is 0.675. The highest BCUT2D eigenvalue weighted by Gasteiger charge is 2.24. The summed E-state index contributed by atoms with van der Waals surface area (Å²) in [6, 6.07) is 0. The van der Waals surface area contributed by atoms with Crippen molar-refractivity contribution in [3.05, 3.63) is 0 Å². The summed E-state index contributed by atoms with van der Waals surface area (Å²) >= 11 is 11.8. The first-order valence-electron chi connectivity index (χ1n) is 3.29. The van der Waals surface area contributed by atoms with E-state index in [2.05, 4.69) is 5.32 Å². The van der Waals surface area contributed by atoms with Gasteiger partial charge in [0.05, 0.1) is 0 Å². The molecule has 1 saturated heterocycles. The minimum absolute atomic E-state index is 0.455. The van der Waals surface area contributed by atoms with Crippen molar-refractivity contribution in [1.82, 2.24) is 5.32 Å². The Labute approximate surface area is 65.7 Å². The van der Waals surface area contributed by atoms with E-state index in [0.717, 1.165) is 32.4 Å². The number of nitrogens with one attached hydrogen (secondary N) is 1. The molecular weight excluding hydrogens is 157 g/mol. The molecule has 3 heteroatoms. The average Bonchev–Trinajstić information content (AvgIpc) is 1.92. The van der Waals surface area contributed by atoms with Crippen molar-refractivity contribution in [1.29, 1.82) is 0 Å². The van der Waals surface area contributed by atoms with Gasteiger partial charge in [-0.05, 0) is 32.4 Å². The number of rotatable bonds is 0. The summed E-state index contributed by atoms with van der Waals surface area (Å²) in [5.74, 6) is 0. The van der Waals surface area contributed by atoms with Gasteiger partial charge in [0.2, 0.25) is 0 Å². The lowest BCUT2D eigenvalue weighted by Crippen LogP contribution is -2.17. The minimum atomic E-state index is -0.455. The van der Waals surface area contributed by atoms with E-state index < -0.39 is 4.33 Å². The second kappa shape index (κ2) is 3.09. The van der Waals surface area contributed by atoms with Crippen LogP contribution in [0.2, 0.25) is 0 Å². The molecule has 0 amide bonds. The van der Waals surface area contributed by atoms with Gasteiger partial charge in [-0.1, -0.05) is 0 Å². The summed E-state index contributed by atoms with van der Waals surface area (Å²) in [7, 11) is 0. The molecule has 0 aromatic heterocycles. The van der Waals surface area contributed by atoms with E-state index in [-0.39, 0.29) is 0 Å². The van der Waals surface area contributed by atoms with Crippen LogP contribution in [0, 0.1) is 0 Å². The van der Waals surface area contributed by atoms with E-state index in [1.807, 2.05) is 0 Å². The highest BCUT2D eigenvalue weighted by Crippen LogP contribution is 2.31. The van der Waals surface area contributed by atoms with Crippen molar-refractivity contribution in [2.75, 3.05) is 13.1 Å². The number of alkyl halides is 2. The molecule has 0 radical (unpaired) electrons. The molecule has 0 aromatic rings. The molecule has 0 unspecified atom stereocenters. The van der Waals surface area contributed by atoms with E-state index in [1.54, 1.807) is 0 Å². The van der Waals surface area contributed by atoms with Crippen LogP contribution in [-0.4, -0.2) is 17.4 Å². The number of halogens is 2. The van der Waals surface area contributed by atoms with Gasteiger partial charge in [-0.25, -0.2) is 0 Å². The third kappa shape index (κ3) is 2.74. The average molecular weight is 168 g/mol. The quantitative estimate of drug-likeness (QED) is 0.545. The Morgan fingerprint density at radius 1 is 1.11 bits per heavy atom. The highest BCUT2D eigenvalue weighted by molar-refractivity contribution is 6.48. The Bertz CT molecular complexity index is 83.1. The maximum atomic E-state index is 5.90. The molecule has 0 aliphatic carbocycles. The third-order valence-corrected chi connectivity index (χ3v) is 2.32. The van der Waals surface area contributed by atoms with Gasteiger partial charge in [0, 0.05) is 0 Å². The van der Waals surface area contributed by atoms with Crippen LogP contribution in [0.4, 0.5) is 0 Å². The molecule has 9 heavy (non-hydrogen) atoms. The Balaban J connectivity index is 2.36. The fourth-order valence-electron chi connectivity index (χ4n) is 0.993. The summed E-state index contributed by atoms with van der Waals surface area (Å²) < 4.78 is -0.455. The molecule has 1 fully saturated rings. The number of hydrogen-bond acceptors (Lipinski definition) is 1. The maximum absolute atomic E-state index is 5.90. The molecule has 0 atom stereocenters. The topological polar surface area (TPSA) is 12.0 Å². The van der Waals surface area contributed by atoms with Crippen LogP contribution in [0.1, 0.15) is 19.3 Å². The van der Waals surface area contributed by atoms with Gasteiger partial charge in [-0.2, -0.15) is 0 Å². The van der Waals surface area contributed by atoms with Crippen LogP contribution in [0.5, 0.6) is 0 Å².